The standard InChI is InChI=1S/C9H8O4.H2O/c1-6(10)13-8-5-3-2-4-7(8)9(11)12;/h2-5H,1H3,(H,11,12);1H2. The minimum atomic E-state index is -1.11. The Labute approximate surface area is 80.2 Å². The summed E-state index contributed by atoms with van der Waals surface area (Å²) in [5.74, 6) is -1.58. The van der Waals surface area contributed by atoms with E-state index >= 15 is 0 Å². The Kier molecular flexibility index (Phi) is 4.31. The minimum absolute atomic E-state index is 0. The molecule has 1 rings (SSSR count). The SMILES string of the molecule is CC(=O)Oc1ccccc1C(=O)O.O. The van der Waals surface area contributed by atoms with Crippen LogP contribution in [0.5, 0.6) is 5.75 Å². The van der Waals surface area contributed by atoms with Gasteiger partial charge in [-0.3, -0.25) is 4.79 Å². The molecular weight excluding hydrogens is 188 g/mol. The van der Waals surface area contributed by atoms with E-state index in [1.165, 1.54) is 19.1 Å². The van der Waals surface area contributed by atoms with Crippen molar-refractivity contribution in [2.24, 2.45) is 0 Å². The van der Waals surface area contributed by atoms with E-state index < -0.39 is 11.9 Å². The van der Waals surface area contributed by atoms with E-state index in [1.807, 2.05) is 0 Å². The molecule has 3 N–H and O–H groups in total. The number of hydrogen-bond donors (Lipinski definition) is 1. The molecular formula is C9H10O5. The van der Waals surface area contributed by atoms with E-state index in [2.05, 4.69) is 4.74 Å². The number of rotatable bonds is 2. The lowest BCUT2D eigenvalue weighted by Crippen LogP contribution is -2.06. The molecule has 0 heterocycles. The van der Waals surface area contributed by atoms with Crippen LogP contribution >= 0.6 is 0 Å². The van der Waals surface area contributed by atoms with Gasteiger partial charge in [-0.15, -0.1) is 0 Å². The summed E-state index contributed by atoms with van der Waals surface area (Å²) in [6, 6.07) is 5.98. The lowest BCUT2D eigenvalue weighted by atomic mass is 10.2. The zero-order valence-corrected chi connectivity index (χ0v) is 7.48. The molecule has 0 fully saturated rings. The molecule has 0 unspecified atom stereocenters. The molecule has 76 valence electrons. The molecule has 14 heavy (non-hydrogen) atoms. The average molecular weight is 198 g/mol. The monoisotopic (exact) mass is 198 g/mol. The van der Waals surface area contributed by atoms with Crippen molar-refractivity contribution in [3.63, 3.8) is 0 Å². The van der Waals surface area contributed by atoms with Crippen LogP contribution in [0, 0.1) is 0 Å². The summed E-state index contributed by atoms with van der Waals surface area (Å²) in [7, 11) is 0. The van der Waals surface area contributed by atoms with Crippen molar-refractivity contribution >= 4 is 11.9 Å². The number of carboxylic acid groups (broad SMARTS) is 1. The van der Waals surface area contributed by atoms with Crippen molar-refractivity contribution in [1.29, 1.82) is 0 Å². The van der Waals surface area contributed by atoms with Crippen LogP contribution in [0.15, 0.2) is 24.3 Å². The third-order valence-corrected chi connectivity index (χ3v) is 1.37. The highest BCUT2D eigenvalue weighted by atomic mass is 16.5. The van der Waals surface area contributed by atoms with E-state index in [-0.39, 0.29) is 16.8 Å². The fourth-order valence-corrected chi connectivity index (χ4v) is 0.887. The number of aromatic carboxylic acids is 1. The number of carbonyl (C=O) groups excluding carboxylic acids is 1. The van der Waals surface area contributed by atoms with Gasteiger partial charge in [0.05, 0.1) is 0 Å². The van der Waals surface area contributed by atoms with Crippen molar-refractivity contribution in [2.45, 2.75) is 6.92 Å². The van der Waals surface area contributed by atoms with Gasteiger partial charge >= 0.3 is 11.9 Å². The maximum absolute atomic E-state index is 10.6. The smallest absolute Gasteiger partial charge is 0.339 e. The lowest BCUT2D eigenvalue weighted by Gasteiger charge is -2.03. The summed E-state index contributed by atoms with van der Waals surface area (Å²) in [4.78, 5) is 21.2. The Morgan fingerprint density at radius 3 is 2.36 bits per heavy atom. The van der Waals surface area contributed by atoms with Gasteiger partial charge in [0.2, 0.25) is 0 Å². The van der Waals surface area contributed by atoms with Crippen molar-refractivity contribution < 1.29 is 24.9 Å². The number of carbonyl (C=O) groups is 2. The van der Waals surface area contributed by atoms with Crippen LogP contribution in [0.25, 0.3) is 0 Å². The molecule has 0 aliphatic rings. The topological polar surface area (TPSA) is 95.1 Å². The summed E-state index contributed by atoms with van der Waals surface area (Å²) in [6.07, 6.45) is 0. The largest absolute Gasteiger partial charge is 0.478 e. The van der Waals surface area contributed by atoms with Gasteiger partial charge in [-0.25, -0.2) is 4.79 Å². The van der Waals surface area contributed by atoms with E-state index in [1.54, 1.807) is 12.1 Å². The number of esters is 1. The number of carboxylic acids is 1. The fourth-order valence-electron chi connectivity index (χ4n) is 0.887. The Hall–Kier alpha value is -1.88. The molecule has 0 amide bonds. The highest BCUT2D eigenvalue weighted by Gasteiger charge is 2.10. The zero-order valence-electron chi connectivity index (χ0n) is 7.48. The molecule has 0 radical (unpaired) electrons. The van der Waals surface area contributed by atoms with Crippen molar-refractivity contribution in [1.82, 2.24) is 0 Å². The number of benzene rings is 1. The van der Waals surface area contributed by atoms with Crippen LogP contribution in [-0.4, -0.2) is 22.5 Å². The van der Waals surface area contributed by atoms with Crippen LogP contribution < -0.4 is 4.74 Å². The molecule has 0 aromatic heterocycles. The van der Waals surface area contributed by atoms with Gasteiger partial charge in [0.1, 0.15) is 11.3 Å². The van der Waals surface area contributed by atoms with E-state index in [4.69, 9.17) is 5.11 Å². The molecule has 0 saturated carbocycles. The average Bonchev–Trinajstić information content (AvgIpc) is 2.03. The number of para-hydroxylation sites is 1. The Bertz CT molecular complexity index is 345. The molecule has 1 aromatic rings. The predicted molar refractivity (Wildman–Crippen MR) is 48.3 cm³/mol. The van der Waals surface area contributed by atoms with E-state index in [9.17, 15) is 9.59 Å². The first kappa shape index (κ1) is 12.1. The van der Waals surface area contributed by atoms with E-state index in [0.29, 0.717) is 0 Å². The second kappa shape index (κ2) is 4.98. The molecule has 1 aromatic carbocycles. The Balaban J connectivity index is 0.00000169. The third-order valence-electron chi connectivity index (χ3n) is 1.37. The van der Waals surface area contributed by atoms with Crippen LogP contribution in [0.4, 0.5) is 0 Å². The van der Waals surface area contributed by atoms with Gasteiger partial charge in [-0.05, 0) is 12.1 Å². The molecule has 0 spiro atoms. The second-order valence-corrected chi connectivity index (χ2v) is 2.39. The quantitative estimate of drug-likeness (QED) is 0.552. The highest BCUT2D eigenvalue weighted by molar-refractivity contribution is 5.91. The molecule has 0 saturated heterocycles. The summed E-state index contributed by atoms with van der Waals surface area (Å²) in [5.41, 5.74) is -0.0160. The minimum Gasteiger partial charge on any atom is -0.478 e. The first-order valence-corrected chi connectivity index (χ1v) is 3.62. The highest BCUT2D eigenvalue weighted by Crippen LogP contribution is 2.17. The maximum atomic E-state index is 10.6. The summed E-state index contributed by atoms with van der Waals surface area (Å²) < 4.78 is 4.69. The Morgan fingerprint density at radius 2 is 1.86 bits per heavy atom. The molecule has 0 bridgehead atoms. The fraction of sp³-hybridized carbons (Fsp3) is 0.111. The van der Waals surface area contributed by atoms with Crippen molar-refractivity contribution in [2.75, 3.05) is 0 Å². The van der Waals surface area contributed by atoms with Crippen LogP contribution in [0.1, 0.15) is 17.3 Å². The van der Waals surface area contributed by atoms with Crippen molar-refractivity contribution in [3.05, 3.63) is 29.8 Å². The molecule has 5 heteroatoms. The van der Waals surface area contributed by atoms with Gasteiger partial charge in [-0.2, -0.15) is 0 Å². The van der Waals surface area contributed by atoms with E-state index in [0.717, 1.165) is 0 Å². The van der Waals surface area contributed by atoms with Gasteiger partial charge < -0.3 is 15.3 Å². The van der Waals surface area contributed by atoms with Gasteiger partial charge in [-0.1, -0.05) is 12.1 Å². The summed E-state index contributed by atoms with van der Waals surface area (Å²) in [6.45, 7) is 1.22. The normalized spacial score (nSPS) is 8.64. The van der Waals surface area contributed by atoms with Crippen LogP contribution in [0.3, 0.4) is 0 Å². The lowest BCUT2D eigenvalue weighted by molar-refractivity contribution is -0.131. The Morgan fingerprint density at radius 1 is 1.29 bits per heavy atom. The molecule has 0 aliphatic heterocycles. The number of ether oxygens (including phenoxy) is 1. The summed E-state index contributed by atoms with van der Waals surface area (Å²) >= 11 is 0. The predicted octanol–water partition coefficient (Wildman–Crippen LogP) is 0.485. The zero-order chi connectivity index (χ0) is 9.84. The van der Waals surface area contributed by atoms with Gasteiger partial charge in [0, 0.05) is 6.92 Å². The van der Waals surface area contributed by atoms with Crippen LogP contribution in [0.2, 0.25) is 0 Å². The molecule has 0 atom stereocenters. The molecule has 5 nitrogen and oxygen atoms in total. The molecule has 0 aliphatic carbocycles. The second-order valence-electron chi connectivity index (χ2n) is 2.39. The van der Waals surface area contributed by atoms with Gasteiger partial charge in [0.25, 0.3) is 0 Å². The van der Waals surface area contributed by atoms with Crippen molar-refractivity contribution in [3.8, 4) is 5.75 Å². The van der Waals surface area contributed by atoms with Gasteiger partial charge in [0.15, 0.2) is 0 Å². The first-order chi connectivity index (χ1) is 6.11. The van der Waals surface area contributed by atoms with Crippen LogP contribution in [-0.2, 0) is 4.79 Å². The number of hydrogen-bond acceptors (Lipinski definition) is 3. The third kappa shape index (κ3) is 2.87. The summed E-state index contributed by atoms with van der Waals surface area (Å²) in [5, 5.41) is 8.69. The first-order valence-electron chi connectivity index (χ1n) is 3.62. The maximum Gasteiger partial charge on any atom is 0.339 e.